The van der Waals surface area contributed by atoms with Crippen LogP contribution in [0.2, 0.25) is 0 Å². The Kier molecular flexibility index (Phi) is 4.30. The summed E-state index contributed by atoms with van der Waals surface area (Å²) in [6, 6.07) is 6.64. The zero-order valence-electron chi connectivity index (χ0n) is 12.6. The molecule has 1 heterocycles. The Morgan fingerprint density at radius 1 is 1.20 bits per heavy atom. The van der Waals surface area contributed by atoms with Crippen molar-refractivity contribution in [2.24, 2.45) is 0 Å². The SMILES string of the molecule is O=C(NCc1cc(F)cc(C(F)(F)F)c1)Nc1cccc2[nH]ncc12. The van der Waals surface area contributed by atoms with Crippen molar-refractivity contribution in [2.75, 3.05) is 5.32 Å². The number of hydrogen-bond acceptors (Lipinski definition) is 2. The van der Waals surface area contributed by atoms with Crippen LogP contribution in [-0.2, 0) is 12.7 Å². The van der Waals surface area contributed by atoms with Crippen LogP contribution in [0.5, 0.6) is 0 Å². The van der Waals surface area contributed by atoms with Crippen LogP contribution in [0.15, 0.2) is 42.6 Å². The van der Waals surface area contributed by atoms with E-state index in [1.807, 2.05) is 0 Å². The summed E-state index contributed by atoms with van der Waals surface area (Å²) in [5.41, 5.74) is 0.105. The molecule has 0 bridgehead atoms. The van der Waals surface area contributed by atoms with E-state index < -0.39 is 23.6 Å². The van der Waals surface area contributed by atoms with Gasteiger partial charge in [-0.1, -0.05) is 6.07 Å². The van der Waals surface area contributed by atoms with Gasteiger partial charge in [-0.05, 0) is 35.9 Å². The molecule has 3 rings (SSSR count). The predicted molar refractivity (Wildman–Crippen MR) is 83.4 cm³/mol. The first-order chi connectivity index (χ1) is 11.8. The van der Waals surface area contributed by atoms with Gasteiger partial charge < -0.3 is 10.6 Å². The Bertz CT molecular complexity index is 920. The average molecular weight is 352 g/mol. The first kappa shape index (κ1) is 16.7. The Morgan fingerprint density at radius 3 is 2.76 bits per heavy atom. The van der Waals surface area contributed by atoms with Gasteiger partial charge in [0.25, 0.3) is 0 Å². The van der Waals surface area contributed by atoms with Gasteiger partial charge in [0.1, 0.15) is 5.82 Å². The van der Waals surface area contributed by atoms with Crippen molar-refractivity contribution in [2.45, 2.75) is 12.7 Å². The maximum absolute atomic E-state index is 13.3. The molecule has 3 N–H and O–H groups in total. The second kappa shape index (κ2) is 6.42. The molecule has 0 saturated heterocycles. The lowest BCUT2D eigenvalue weighted by Crippen LogP contribution is -2.28. The number of alkyl halides is 3. The minimum Gasteiger partial charge on any atom is -0.334 e. The molecule has 3 aromatic rings. The van der Waals surface area contributed by atoms with E-state index >= 15 is 0 Å². The molecule has 2 amide bonds. The number of carbonyl (C=O) groups excluding carboxylic acids is 1. The van der Waals surface area contributed by atoms with E-state index in [1.165, 1.54) is 6.20 Å². The minimum atomic E-state index is -4.66. The molecule has 0 fully saturated rings. The van der Waals surface area contributed by atoms with E-state index in [4.69, 9.17) is 0 Å². The van der Waals surface area contributed by atoms with Gasteiger partial charge in [0, 0.05) is 11.9 Å². The van der Waals surface area contributed by atoms with E-state index in [1.54, 1.807) is 18.2 Å². The highest BCUT2D eigenvalue weighted by molar-refractivity contribution is 6.00. The summed E-state index contributed by atoms with van der Waals surface area (Å²) in [4.78, 5) is 11.9. The number of urea groups is 1. The number of H-pyrrole nitrogens is 1. The molecule has 0 spiro atoms. The standard InChI is InChI=1S/C16H12F4N4O/c17-11-5-9(4-10(6-11)16(18,19)20)7-21-15(25)23-13-2-1-3-14-12(13)8-22-24-14/h1-6,8H,7H2,(H,22,24)(H2,21,23,25). The van der Waals surface area contributed by atoms with Crippen molar-refractivity contribution in [3.05, 3.63) is 59.5 Å². The third-order valence-corrected chi connectivity index (χ3v) is 3.47. The highest BCUT2D eigenvalue weighted by Crippen LogP contribution is 2.30. The summed E-state index contributed by atoms with van der Waals surface area (Å²) >= 11 is 0. The Labute approximate surface area is 139 Å². The zero-order valence-corrected chi connectivity index (χ0v) is 12.6. The second-order valence-corrected chi connectivity index (χ2v) is 5.29. The van der Waals surface area contributed by atoms with Crippen LogP contribution in [0.1, 0.15) is 11.1 Å². The first-order valence-corrected chi connectivity index (χ1v) is 7.16. The van der Waals surface area contributed by atoms with Gasteiger partial charge in [0.05, 0.1) is 23.0 Å². The Balaban J connectivity index is 1.69. The van der Waals surface area contributed by atoms with Crippen LogP contribution >= 0.6 is 0 Å². The fourth-order valence-electron chi connectivity index (χ4n) is 2.34. The van der Waals surface area contributed by atoms with Crippen molar-refractivity contribution in [1.29, 1.82) is 0 Å². The summed E-state index contributed by atoms with van der Waals surface area (Å²) in [7, 11) is 0. The molecule has 9 heteroatoms. The molecule has 0 unspecified atom stereocenters. The second-order valence-electron chi connectivity index (χ2n) is 5.29. The molecule has 130 valence electrons. The molecule has 1 aromatic heterocycles. The Morgan fingerprint density at radius 2 is 2.00 bits per heavy atom. The smallest absolute Gasteiger partial charge is 0.334 e. The van der Waals surface area contributed by atoms with E-state index in [2.05, 4.69) is 20.8 Å². The Hall–Kier alpha value is -3.10. The van der Waals surface area contributed by atoms with Crippen LogP contribution in [-0.4, -0.2) is 16.2 Å². The number of carbonyl (C=O) groups is 1. The van der Waals surface area contributed by atoms with Gasteiger partial charge in [-0.3, -0.25) is 5.10 Å². The minimum absolute atomic E-state index is 0.00370. The summed E-state index contributed by atoms with van der Waals surface area (Å²) in [6.45, 7) is -0.256. The van der Waals surface area contributed by atoms with Gasteiger partial charge >= 0.3 is 12.2 Å². The van der Waals surface area contributed by atoms with Crippen molar-refractivity contribution >= 4 is 22.6 Å². The van der Waals surface area contributed by atoms with Gasteiger partial charge in [-0.15, -0.1) is 0 Å². The van der Waals surface area contributed by atoms with Gasteiger partial charge in [0.15, 0.2) is 0 Å². The van der Waals surface area contributed by atoms with Crippen LogP contribution < -0.4 is 10.6 Å². The lowest BCUT2D eigenvalue weighted by Gasteiger charge is -2.11. The maximum atomic E-state index is 13.3. The van der Waals surface area contributed by atoms with E-state index in [9.17, 15) is 22.4 Å². The third-order valence-electron chi connectivity index (χ3n) is 3.47. The molecular weight excluding hydrogens is 340 g/mol. The number of hydrogen-bond donors (Lipinski definition) is 3. The summed E-state index contributed by atoms with van der Waals surface area (Å²) < 4.78 is 51.4. The highest BCUT2D eigenvalue weighted by atomic mass is 19.4. The number of rotatable bonds is 3. The number of halogens is 4. The zero-order chi connectivity index (χ0) is 18.0. The van der Waals surface area contributed by atoms with Gasteiger partial charge in [-0.25, -0.2) is 9.18 Å². The van der Waals surface area contributed by atoms with Crippen molar-refractivity contribution in [1.82, 2.24) is 15.5 Å². The number of aromatic amines is 1. The van der Waals surface area contributed by atoms with Crippen LogP contribution in [0.3, 0.4) is 0 Å². The molecule has 5 nitrogen and oxygen atoms in total. The van der Waals surface area contributed by atoms with Crippen molar-refractivity contribution in [3.63, 3.8) is 0 Å². The first-order valence-electron chi connectivity index (χ1n) is 7.16. The molecule has 0 aliphatic carbocycles. The molecule has 0 aliphatic heterocycles. The van der Waals surface area contributed by atoms with Crippen molar-refractivity contribution in [3.8, 4) is 0 Å². The molecular formula is C16H12F4N4O. The fourth-order valence-corrected chi connectivity index (χ4v) is 2.34. The van der Waals surface area contributed by atoms with Crippen molar-refractivity contribution < 1.29 is 22.4 Å². The molecule has 0 aliphatic rings. The average Bonchev–Trinajstić information content (AvgIpc) is 3.01. The topological polar surface area (TPSA) is 69.8 Å². The lowest BCUT2D eigenvalue weighted by molar-refractivity contribution is -0.137. The number of aromatic nitrogens is 2. The quantitative estimate of drug-likeness (QED) is 0.623. The molecule has 0 atom stereocenters. The lowest BCUT2D eigenvalue weighted by atomic mass is 10.1. The number of benzene rings is 2. The number of nitrogens with one attached hydrogen (secondary N) is 3. The normalized spacial score (nSPS) is 11.5. The maximum Gasteiger partial charge on any atom is 0.416 e. The van der Waals surface area contributed by atoms with Crippen LogP contribution in [0.4, 0.5) is 28.0 Å². The third kappa shape index (κ3) is 3.87. The molecule has 2 aromatic carbocycles. The number of nitrogens with zero attached hydrogens (tertiary/aromatic N) is 1. The van der Waals surface area contributed by atoms with Gasteiger partial charge in [-0.2, -0.15) is 18.3 Å². The van der Waals surface area contributed by atoms with E-state index in [-0.39, 0.29) is 12.1 Å². The van der Waals surface area contributed by atoms with E-state index in [0.717, 1.165) is 17.6 Å². The van der Waals surface area contributed by atoms with Gasteiger partial charge in [0.2, 0.25) is 0 Å². The number of fused-ring (bicyclic) bond motifs is 1. The summed E-state index contributed by atoms with van der Waals surface area (Å²) in [5, 5.41) is 12.3. The summed E-state index contributed by atoms with van der Waals surface area (Å²) in [5.74, 6) is -1.02. The largest absolute Gasteiger partial charge is 0.416 e. The van der Waals surface area contributed by atoms with Crippen LogP contribution in [0.25, 0.3) is 10.9 Å². The fraction of sp³-hybridized carbons (Fsp3) is 0.125. The molecule has 25 heavy (non-hydrogen) atoms. The number of amides is 2. The summed E-state index contributed by atoms with van der Waals surface area (Å²) in [6.07, 6.45) is -3.12. The molecule has 0 radical (unpaired) electrons. The van der Waals surface area contributed by atoms with E-state index in [0.29, 0.717) is 17.1 Å². The number of anilines is 1. The molecule has 0 saturated carbocycles. The monoisotopic (exact) mass is 352 g/mol. The highest BCUT2D eigenvalue weighted by Gasteiger charge is 2.31. The predicted octanol–water partition coefficient (Wildman–Crippen LogP) is 4.04. The van der Waals surface area contributed by atoms with Crippen LogP contribution in [0, 0.1) is 5.82 Å².